The lowest BCUT2D eigenvalue weighted by molar-refractivity contribution is -0.137. The molecule has 2 aromatic carbocycles. The number of rotatable bonds is 2. The average Bonchev–Trinajstić information content (AvgIpc) is 2.85. The minimum atomic E-state index is -4.33. The Hall–Kier alpha value is -2.23. The van der Waals surface area contributed by atoms with E-state index in [1.165, 1.54) is 12.1 Å². The monoisotopic (exact) mass is 316 g/mol. The molecule has 4 heteroatoms. The summed E-state index contributed by atoms with van der Waals surface area (Å²) < 4.78 is 38.8. The van der Waals surface area contributed by atoms with Gasteiger partial charge in [0, 0.05) is 23.0 Å². The van der Waals surface area contributed by atoms with Gasteiger partial charge in [-0.05, 0) is 67.3 Å². The van der Waals surface area contributed by atoms with E-state index >= 15 is 0 Å². The summed E-state index contributed by atoms with van der Waals surface area (Å²) in [4.78, 5) is 3.14. The smallest absolute Gasteiger partial charge is 0.358 e. The van der Waals surface area contributed by atoms with Crippen LogP contribution in [0.5, 0.6) is 0 Å². The van der Waals surface area contributed by atoms with Crippen LogP contribution in [0.25, 0.3) is 10.9 Å². The summed E-state index contributed by atoms with van der Waals surface area (Å²) in [5.41, 5.74) is 4.84. The Bertz CT molecular complexity index is 852. The minimum absolute atomic E-state index is 0.530. The summed E-state index contributed by atoms with van der Waals surface area (Å²) in [6.45, 7) is 5.74. The zero-order valence-corrected chi connectivity index (χ0v) is 13.2. The van der Waals surface area contributed by atoms with Gasteiger partial charge in [-0.1, -0.05) is 12.1 Å². The van der Waals surface area contributed by atoms with E-state index in [0.29, 0.717) is 17.5 Å². The number of nitrogens with one attached hydrogen (secondary N) is 1. The van der Waals surface area contributed by atoms with E-state index in [1.54, 1.807) is 6.92 Å². The minimum Gasteiger partial charge on any atom is -0.358 e. The molecule has 0 saturated heterocycles. The molecule has 0 spiro atoms. The number of benzene rings is 2. The number of aryl methyl sites for hydroxylation is 3. The molecule has 1 nitrogen and oxygen atoms in total. The fourth-order valence-electron chi connectivity index (χ4n) is 2.97. The van der Waals surface area contributed by atoms with Crippen molar-refractivity contribution < 1.29 is 13.2 Å². The lowest BCUT2D eigenvalue weighted by Crippen LogP contribution is -2.05. The van der Waals surface area contributed by atoms with Crippen molar-refractivity contribution in [1.82, 2.24) is 4.98 Å². The molecular weight excluding hydrogens is 299 g/mol. The van der Waals surface area contributed by atoms with Crippen molar-refractivity contribution in [3.63, 3.8) is 0 Å². The van der Waals surface area contributed by atoms with E-state index in [-0.39, 0.29) is 0 Å². The molecule has 0 saturated carbocycles. The summed E-state index contributed by atoms with van der Waals surface area (Å²) in [5.74, 6) is 0. The summed E-state index contributed by atoms with van der Waals surface area (Å²) in [7, 11) is 0. The van der Waals surface area contributed by atoms with Crippen LogP contribution in [0.15, 0.2) is 30.3 Å². The van der Waals surface area contributed by atoms with E-state index in [2.05, 4.69) is 11.1 Å². The van der Waals surface area contributed by atoms with Crippen molar-refractivity contribution in [3.05, 3.63) is 69.9 Å². The first kappa shape index (κ1) is 15.7. The van der Waals surface area contributed by atoms with Gasteiger partial charge in [0.2, 0.25) is 0 Å². The van der Waals surface area contributed by atoms with Gasteiger partial charge in [-0.25, -0.2) is 0 Å². The highest BCUT2D eigenvalue weighted by atomic mass is 19.4. The van der Waals surface area contributed by atoms with E-state index in [4.69, 9.17) is 0 Å². The van der Waals surface area contributed by atoms with Crippen molar-refractivity contribution in [2.75, 3.05) is 0 Å². The molecule has 0 unspecified atom stereocenters. The van der Waals surface area contributed by atoms with E-state index < -0.39 is 11.7 Å². The Kier molecular flexibility index (Phi) is 3.71. The van der Waals surface area contributed by atoms with Crippen LogP contribution in [0, 0.1) is 26.8 Å². The predicted molar refractivity (Wildman–Crippen MR) is 85.6 cm³/mol. The Morgan fingerprint density at radius 2 is 1.78 bits per heavy atom. The van der Waals surface area contributed by atoms with Gasteiger partial charge in [0.15, 0.2) is 0 Å². The van der Waals surface area contributed by atoms with Gasteiger partial charge in [-0.2, -0.15) is 13.2 Å². The van der Waals surface area contributed by atoms with Crippen LogP contribution in [0.4, 0.5) is 13.2 Å². The summed E-state index contributed by atoms with van der Waals surface area (Å²) in [6.07, 6.45) is -3.67. The number of hydrogen-bond acceptors (Lipinski definition) is 0. The van der Waals surface area contributed by atoms with E-state index in [0.717, 1.165) is 27.8 Å². The Balaban J connectivity index is 2.05. The predicted octanol–water partition coefficient (Wildman–Crippen LogP) is 5.50. The maximum atomic E-state index is 12.9. The van der Waals surface area contributed by atoms with Crippen LogP contribution in [-0.2, 0) is 12.6 Å². The summed E-state index contributed by atoms with van der Waals surface area (Å²) in [6, 6.07) is 11.4. The largest absolute Gasteiger partial charge is 0.416 e. The summed E-state index contributed by atoms with van der Waals surface area (Å²) >= 11 is 0. The van der Waals surface area contributed by atoms with Crippen molar-refractivity contribution in [2.24, 2.45) is 0 Å². The fraction of sp³-hybridized carbons (Fsp3) is 0.263. The maximum Gasteiger partial charge on any atom is 0.416 e. The molecule has 0 atom stereocenters. The fourth-order valence-corrected chi connectivity index (χ4v) is 2.97. The number of halogens is 3. The maximum absolute atomic E-state index is 12.9. The second kappa shape index (κ2) is 5.44. The van der Waals surface area contributed by atoms with Crippen LogP contribution in [0.3, 0.4) is 0 Å². The standard InChI is InChI=1S/C19H17F3N/c1-11-5-4-6-12(2)16(11)9-15-10-17-13(3)7-14(19(20,21)22)8-18(17)23-15/h4-5,7-8,10,23H,9H2,1-3H3. The van der Waals surface area contributed by atoms with Gasteiger partial charge < -0.3 is 4.98 Å². The third kappa shape index (κ3) is 2.98. The molecule has 0 amide bonds. The van der Waals surface area contributed by atoms with Crippen molar-refractivity contribution in [2.45, 2.75) is 33.4 Å². The third-order valence-corrected chi connectivity index (χ3v) is 4.26. The molecule has 3 rings (SSSR count). The van der Waals surface area contributed by atoms with Gasteiger partial charge in [0.05, 0.1) is 5.56 Å². The van der Waals surface area contributed by atoms with Gasteiger partial charge in [-0.3, -0.25) is 0 Å². The molecular formula is C19H17F3N. The normalized spacial score (nSPS) is 12.1. The molecule has 0 aliphatic rings. The topological polar surface area (TPSA) is 15.8 Å². The molecule has 1 radical (unpaired) electrons. The highest BCUT2D eigenvalue weighted by molar-refractivity contribution is 5.84. The van der Waals surface area contributed by atoms with Crippen molar-refractivity contribution in [3.8, 4) is 0 Å². The number of hydrogen-bond donors (Lipinski definition) is 1. The van der Waals surface area contributed by atoms with Crippen molar-refractivity contribution in [1.29, 1.82) is 0 Å². The molecule has 0 aliphatic heterocycles. The highest BCUT2D eigenvalue weighted by Crippen LogP contribution is 2.33. The van der Waals surface area contributed by atoms with Crippen LogP contribution in [0.2, 0.25) is 0 Å². The summed E-state index contributed by atoms with van der Waals surface area (Å²) in [5, 5.41) is 0.836. The second-order valence-corrected chi connectivity index (χ2v) is 5.99. The molecule has 1 heterocycles. The van der Waals surface area contributed by atoms with E-state index in [1.807, 2.05) is 32.0 Å². The lowest BCUT2D eigenvalue weighted by atomic mass is 9.98. The van der Waals surface area contributed by atoms with Gasteiger partial charge in [0.1, 0.15) is 0 Å². The molecule has 23 heavy (non-hydrogen) atoms. The lowest BCUT2D eigenvalue weighted by Gasteiger charge is -2.08. The van der Waals surface area contributed by atoms with E-state index in [9.17, 15) is 13.2 Å². The first-order chi connectivity index (χ1) is 10.8. The highest BCUT2D eigenvalue weighted by Gasteiger charge is 2.31. The van der Waals surface area contributed by atoms with Crippen LogP contribution < -0.4 is 0 Å². The van der Waals surface area contributed by atoms with Gasteiger partial charge >= 0.3 is 6.18 Å². The quantitative estimate of drug-likeness (QED) is 0.642. The van der Waals surface area contributed by atoms with Gasteiger partial charge in [0.25, 0.3) is 0 Å². The number of H-pyrrole nitrogens is 1. The third-order valence-electron chi connectivity index (χ3n) is 4.26. The van der Waals surface area contributed by atoms with Crippen LogP contribution in [0.1, 0.15) is 33.5 Å². The molecule has 1 N–H and O–H groups in total. The molecule has 1 aromatic heterocycles. The molecule has 3 aromatic rings. The zero-order chi connectivity index (χ0) is 16.8. The molecule has 119 valence electrons. The number of fused-ring (bicyclic) bond motifs is 1. The Morgan fingerprint density at radius 3 is 2.43 bits per heavy atom. The van der Waals surface area contributed by atoms with Gasteiger partial charge in [-0.15, -0.1) is 0 Å². The van der Waals surface area contributed by atoms with Crippen LogP contribution in [-0.4, -0.2) is 4.98 Å². The molecule has 0 fully saturated rings. The molecule has 0 bridgehead atoms. The second-order valence-electron chi connectivity index (χ2n) is 5.99. The number of alkyl halides is 3. The first-order valence-electron chi connectivity index (χ1n) is 7.42. The van der Waals surface area contributed by atoms with Crippen molar-refractivity contribution >= 4 is 10.9 Å². The Morgan fingerprint density at radius 1 is 1.04 bits per heavy atom. The molecule has 0 aliphatic carbocycles. The van der Waals surface area contributed by atoms with Crippen LogP contribution >= 0.6 is 0 Å². The Labute approximate surface area is 133 Å². The average molecular weight is 316 g/mol. The number of aromatic amines is 1. The zero-order valence-electron chi connectivity index (χ0n) is 13.2. The first-order valence-corrected chi connectivity index (χ1v) is 7.42. The SMILES string of the molecule is Cc1[c]ccc(C)c1Cc1cc2c(C)cc(C(F)(F)F)cc2[nH]1. The number of aromatic nitrogens is 1.